The van der Waals surface area contributed by atoms with Gasteiger partial charge in [0, 0.05) is 6.07 Å². The second kappa shape index (κ2) is 5.45. The van der Waals surface area contributed by atoms with Gasteiger partial charge in [-0.2, -0.15) is 4.98 Å². The van der Waals surface area contributed by atoms with E-state index in [-0.39, 0.29) is 17.1 Å². The van der Waals surface area contributed by atoms with Crippen LogP contribution in [0.1, 0.15) is 31.5 Å². The average Bonchev–Trinajstić information content (AvgIpc) is 3.23. The number of hydrogen-bond acceptors (Lipinski definition) is 8. The molecule has 1 aromatic heterocycles. The van der Waals surface area contributed by atoms with E-state index in [1.54, 1.807) is 0 Å². The van der Waals surface area contributed by atoms with Crippen molar-refractivity contribution in [2.45, 2.75) is 31.2 Å². The van der Waals surface area contributed by atoms with E-state index in [0.29, 0.717) is 30.5 Å². The first-order valence-corrected chi connectivity index (χ1v) is 7.78. The van der Waals surface area contributed by atoms with Gasteiger partial charge < -0.3 is 19.7 Å². The summed E-state index contributed by atoms with van der Waals surface area (Å²) in [5.41, 5.74) is 5.72. The van der Waals surface area contributed by atoms with Crippen molar-refractivity contribution in [2.24, 2.45) is 5.73 Å². The molecule has 9 heteroatoms. The molecule has 126 valence electrons. The average molecular weight is 332 g/mol. The molecule has 0 atom stereocenters. The predicted octanol–water partition coefficient (Wildman–Crippen LogP) is 2.14. The summed E-state index contributed by atoms with van der Waals surface area (Å²) >= 11 is 0. The minimum absolute atomic E-state index is 0.0606. The fourth-order valence-electron chi connectivity index (χ4n) is 3.17. The molecule has 0 bridgehead atoms. The quantitative estimate of drug-likeness (QED) is 0.669. The molecule has 2 aromatic rings. The second-order valence-electron chi connectivity index (χ2n) is 6.06. The van der Waals surface area contributed by atoms with Gasteiger partial charge in [0.2, 0.25) is 0 Å². The predicted molar refractivity (Wildman–Crippen MR) is 81.7 cm³/mol. The summed E-state index contributed by atoms with van der Waals surface area (Å²) in [7, 11) is 0. The van der Waals surface area contributed by atoms with Gasteiger partial charge in [0.1, 0.15) is 18.8 Å². The van der Waals surface area contributed by atoms with Gasteiger partial charge in [-0.25, -0.2) is 0 Å². The number of ether oxygens (including phenoxy) is 2. The Labute approximate surface area is 136 Å². The number of benzene rings is 1. The van der Waals surface area contributed by atoms with E-state index in [2.05, 4.69) is 10.1 Å². The first kappa shape index (κ1) is 14.9. The van der Waals surface area contributed by atoms with Crippen LogP contribution in [0, 0.1) is 10.1 Å². The van der Waals surface area contributed by atoms with Crippen LogP contribution in [0.5, 0.6) is 11.5 Å². The third kappa shape index (κ3) is 2.37. The lowest BCUT2D eigenvalue weighted by Crippen LogP contribution is -2.34. The Kier molecular flexibility index (Phi) is 3.38. The largest absolute Gasteiger partial charge is 0.486 e. The fourth-order valence-corrected chi connectivity index (χ4v) is 3.17. The van der Waals surface area contributed by atoms with Crippen molar-refractivity contribution < 1.29 is 18.9 Å². The summed E-state index contributed by atoms with van der Waals surface area (Å²) in [5, 5.41) is 15.4. The van der Waals surface area contributed by atoms with Crippen molar-refractivity contribution in [1.82, 2.24) is 10.1 Å². The number of nitro benzene ring substituents is 1. The minimum atomic E-state index is -0.621. The van der Waals surface area contributed by atoms with Crippen molar-refractivity contribution in [3.05, 3.63) is 28.1 Å². The molecular weight excluding hydrogens is 316 g/mol. The van der Waals surface area contributed by atoms with Crippen LogP contribution in [0.15, 0.2) is 16.7 Å². The number of aromatic nitrogens is 2. The molecule has 9 nitrogen and oxygen atoms in total. The molecule has 0 unspecified atom stereocenters. The summed E-state index contributed by atoms with van der Waals surface area (Å²) in [6, 6.07) is 2.82. The lowest BCUT2D eigenvalue weighted by Gasteiger charge is -2.18. The smallest absolute Gasteiger partial charge is 0.286 e. The van der Waals surface area contributed by atoms with Crippen LogP contribution in [0.25, 0.3) is 11.5 Å². The SMILES string of the molecule is NC1(c2noc(-c3cc4c(cc3[N+](=O)[O-])OCCO4)n2)CCCC1. The first-order chi connectivity index (χ1) is 11.6. The molecule has 0 amide bonds. The van der Waals surface area contributed by atoms with Gasteiger partial charge in [-0.05, 0) is 12.8 Å². The molecule has 4 rings (SSSR count). The number of rotatable bonds is 3. The molecule has 2 heterocycles. The number of nitrogens with two attached hydrogens (primary N) is 1. The van der Waals surface area contributed by atoms with Gasteiger partial charge in [-0.15, -0.1) is 0 Å². The molecule has 1 aromatic carbocycles. The summed E-state index contributed by atoms with van der Waals surface area (Å²) in [4.78, 5) is 15.2. The van der Waals surface area contributed by atoms with Crippen LogP contribution >= 0.6 is 0 Å². The number of fused-ring (bicyclic) bond motifs is 1. The van der Waals surface area contributed by atoms with Crippen LogP contribution in [0.2, 0.25) is 0 Å². The third-order valence-electron chi connectivity index (χ3n) is 4.45. The Hall–Kier alpha value is -2.68. The highest BCUT2D eigenvalue weighted by Crippen LogP contribution is 2.42. The van der Waals surface area contributed by atoms with Gasteiger partial charge in [0.15, 0.2) is 17.3 Å². The molecule has 1 saturated carbocycles. The monoisotopic (exact) mass is 332 g/mol. The lowest BCUT2D eigenvalue weighted by atomic mass is 9.98. The Morgan fingerprint density at radius 1 is 1.17 bits per heavy atom. The van der Waals surface area contributed by atoms with Crippen LogP contribution < -0.4 is 15.2 Å². The third-order valence-corrected chi connectivity index (χ3v) is 4.45. The topological polar surface area (TPSA) is 127 Å². The molecule has 0 radical (unpaired) electrons. The Bertz CT molecular complexity index is 797. The number of hydrogen-bond donors (Lipinski definition) is 1. The van der Waals surface area contributed by atoms with Crippen LogP contribution in [-0.2, 0) is 5.54 Å². The molecule has 0 spiro atoms. The van der Waals surface area contributed by atoms with Crippen molar-refractivity contribution >= 4 is 5.69 Å². The summed E-state index contributed by atoms with van der Waals surface area (Å²) in [6.07, 6.45) is 3.56. The standard InChI is InChI=1S/C15H16N4O5/c16-15(3-1-2-4-15)14-17-13(24-18-14)9-7-11-12(23-6-5-22-11)8-10(9)19(20)21/h7-8H,1-6,16H2. The molecule has 0 saturated heterocycles. The molecular formula is C15H16N4O5. The van der Waals surface area contributed by atoms with Crippen LogP contribution in [-0.4, -0.2) is 28.3 Å². The normalized spacial score (nSPS) is 18.5. The Morgan fingerprint density at radius 2 is 1.83 bits per heavy atom. The molecule has 2 aliphatic rings. The van der Waals surface area contributed by atoms with Gasteiger partial charge in [0.05, 0.1) is 16.5 Å². The highest BCUT2D eigenvalue weighted by atomic mass is 16.6. The van der Waals surface area contributed by atoms with E-state index in [0.717, 1.165) is 25.7 Å². The highest BCUT2D eigenvalue weighted by Gasteiger charge is 2.37. The molecule has 1 aliphatic heterocycles. The van der Waals surface area contributed by atoms with E-state index in [9.17, 15) is 10.1 Å². The first-order valence-electron chi connectivity index (χ1n) is 7.78. The molecule has 2 N–H and O–H groups in total. The zero-order valence-electron chi connectivity index (χ0n) is 12.9. The Morgan fingerprint density at radius 3 is 2.50 bits per heavy atom. The lowest BCUT2D eigenvalue weighted by molar-refractivity contribution is -0.384. The second-order valence-corrected chi connectivity index (χ2v) is 6.06. The van der Waals surface area contributed by atoms with Crippen LogP contribution in [0.3, 0.4) is 0 Å². The zero-order chi connectivity index (χ0) is 16.7. The molecule has 1 aliphatic carbocycles. The molecule has 24 heavy (non-hydrogen) atoms. The summed E-state index contributed by atoms with van der Waals surface area (Å²) in [5.74, 6) is 1.21. The van der Waals surface area contributed by atoms with Gasteiger partial charge >= 0.3 is 0 Å². The van der Waals surface area contributed by atoms with E-state index in [1.807, 2.05) is 0 Å². The maximum atomic E-state index is 11.4. The Balaban J connectivity index is 1.78. The van der Waals surface area contributed by atoms with Gasteiger partial charge in [-0.3, -0.25) is 10.1 Å². The van der Waals surface area contributed by atoms with E-state index >= 15 is 0 Å². The maximum absolute atomic E-state index is 11.4. The van der Waals surface area contributed by atoms with Gasteiger partial charge in [0.25, 0.3) is 11.6 Å². The summed E-state index contributed by atoms with van der Waals surface area (Å²) < 4.78 is 16.1. The minimum Gasteiger partial charge on any atom is -0.486 e. The number of nitrogens with zero attached hydrogens (tertiary/aromatic N) is 3. The van der Waals surface area contributed by atoms with Crippen molar-refractivity contribution in [3.63, 3.8) is 0 Å². The van der Waals surface area contributed by atoms with E-state index < -0.39 is 10.5 Å². The van der Waals surface area contributed by atoms with Crippen molar-refractivity contribution in [1.29, 1.82) is 0 Å². The van der Waals surface area contributed by atoms with Gasteiger partial charge in [-0.1, -0.05) is 18.0 Å². The van der Waals surface area contributed by atoms with E-state index in [4.69, 9.17) is 19.7 Å². The van der Waals surface area contributed by atoms with Crippen molar-refractivity contribution in [2.75, 3.05) is 13.2 Å². The molecule has 1 fully saturated rings. The highest BCUT2D eigenvalue weighted by molar-refractivity contribution is 5.72. The van der Waals surface area contributed by atoms with Crippen molar-refractivity contribution in [3.8, 4) is 23.0 Å². The number of nitro groups is 1. The summed E-state index contributed by atoms with van der Waals surface area (Å²) in [6.45, 7) is 0.731. The zero-order valence-corrected chi connectivity index (χ0v) is 12.9. The van der Waals surface area contributed by atoms with E-state index in [1.165, 1.54) is 12.1 Å². The maximum Gasteiger partial charge on any atom is 0.286 e. The van der Waals surface area contributed by atoms with Crippen LogP contribution in [0.4, 0.5) is 5.69 Å². The fraction of sp³-hybridized carbons (Fsp3) is 0.467.